The summed E-state index contributed by atoms with van der Waals surface area (Å²) in [4.78, 5) is 2.23. The normalized spacial score (nSPS) is 17.1. The molecular weight excluding hydrogens is 196 g/mol. The molecule has 2 nitrogen and oxygen atoms in total. The molecule has 0 bridgehead atoms. The van der Waals surface area contributed by atoms with Crippen LogP contribution in [0.4, 0.5) is 0 Å². The standard InChI is InChI=1S/C14H24N2/c1-5-9-13(16(3)4)14(2,15)12-10-7-6-8-11-12/h6-8,10-11,13H,5,9,15H2,1-4H3. The largest absolute Gasteiger partial charge is 0.320 e. The molecule has 2 unspecified atom stereocenters. The lowest BCUT2D eigenvalue weighted by molar-refractivity contribution is 0.177. The molecule has 1 aromatic carbocycles. The van der Waals surface area contributed by atoms with Crippen LogP contribution in [-0.2, 0) is 5.54 Å². The van der Waals surface area contributed by atoms with Gasteiger partial charge in [-0.3, -0.25) is 0 Å². The zero-order valence-corrected chi connectivity index (χ0v) is 10.9. The number of hydrogen-bond acceptors (Lipinski definition) is 2. The van der Waals surface area contributed by atoms with Gasteiger partial charge in [-0.2, -0.15) is 0 Å². The molecule has 1 rings (SSSR count). The molecule has 0 aromatic heterocycles. The van der Waals surface area contributed by atoms with Crippen LogP contribution in [0.15, 0.2) is 30.3 Å². The summed E-state index contributed by atoms with van der Waals surface area (Å²) in [5.74, 6) is 0. The minimum atomic E-state index is -0.291. The van der Waals surface area contributed by atoms with Crippen LogP contribution in [0.5, 0.6) is 0 Å². The Morgan fingerprint density at radius 3 is 2.25 bits per heavy atom. The summed E-state index contributed by atoms with van der Waals surface area (Å²) in [5.41, 5.74) is 7.45. The molecule has 0 aliphatic rings. The monoisotopic (exact) mass is 220 g/mol. The number of likely N-dealkylation sites (N-methyl/N-ethyl adjacent to an activating group) is 1. The first-order valence-electron chi connectivity index (χ1n) is 6.01. The number of nitrogens with two attached hydrogens (primary N) is 1. The van der Waals surface area contributed by atoms with E-state index in [0.717, 1.165) is 12.8 Å². The van der Waals surface area contributed by atoms with Gasteiger partial charge in [-0.05, 0) is 33.0 Å². The van der Waals surface area contributed by atoms with Crippen LogP contribution in [0.25, 0.3) is 0 Å². The number of benzene rings is 1. The van der Waals surface area contributed by atoms with Crippen molar-refractivity contribution in [1.29, 1.82) is 0 Å². The molecule has 90 valence electrons. The Hall–Kier alpha value is -0.860. The zero-order chi connectivity index (χ0) is 12.2. The Balaban J connectivity index is 2.98. The van der Waals surface area contributed by atoms with Gasteiger partial charge in [-0.15, -0.1) is 0 Å². The molecule has 0 fully saturated rings. The second kappa shape index (κ2) is 5.46. The van der Waals surface area contributed by atoms with Gasteiger partial charge in [0, 0.05) is 6.04 Å². The first-order valence-corrected chi connectivity index (χ1v) is 6.01. The van der Waals surface area contributed by atoms with Gasteiger partial charge in [-0.25, -0.2) is 0 Å². The molecule has 0 heterocycles. The highest BCUT2D eigenvalue weighted by Crippen LogP contribution is 2.27. The van der Waals surface area contributed by atoms with Gasteiger partial charge in [0.25, 0.3) is 0 Å². The molecule has 16 heavy (non-hydrogen) atoms. The predicted molar refractivity (Wildman–Crippen MR) is 70.4 cm³/mol. The predicted octanol–water partition coefficient (Wildman–Crippen LogP) is 2.59. The molecule has 0 aliphatic heterocycles. The van der Waals surface area contributed by atoms with E-state index in [-0.39, 0.29) is 5.54 Å². The van der Waals surface area contributed by atoms with Crippen molar-refractivity contribution >= 4 is 0 Å². The molecule has 0 saturated heterocycles. The van der Waals surface area contributed by atoms with Crippen molar-refractivity contribution in [2.75, 3.05) is 14.1 Å². The Labute approximate surface area is 99.5 Å². The van der Waals surface area contributed by atoms with Crippen LogP contribution < -0.4 is 5.73 Å². The van der Waals surface area contributed by atoms with Crippen LogP contribution in [0, 0.1) is 0 Å². The van der Waals surface area contributed by atoms with E-state index in [4.69, 9.17) is 5.73 Å². The van der Waals surface area contributed by atoms with E-state index in [1.807, 2.05) is 6.07 Å². The first-order chi connectivity index (χ1) is 7.50. The average molecular weight is 220 g/mol. The van der Waals surface area contributed by atoms with E-state index >= 15 is 0 Å². The van der Waals surface area contributed by atoms with Gasteiger partial charge in [-0.1, -0.05) is 43.7 Å². The lowest BCUT2D eigenvalue weighted by Crippen LogP contribution is -2.52. The van der Waals surface area contributed by atoms with Crippen molar-refractivity contribution < 1.29 is 0 Å². The summed E-state index contributed by atoms with van der Waals surface area (Å²) >= 11 is 0. The highest BCUT2D eigenvalue weighted by Gasteiger charge is 2.32. The minimum Gasteiger partial charge on any atom is -0.320 e. The van der Waals surface area contributed by atoms with Gasteiger partial charge in [0.05, 0.1) is 5.54 Å². The topological polar surface area (TPSA) is 29.3 Å². The molecule has 0 spiro atoms. The number of nitrogens with zero attached hydrogens (tertiary/aromatic N) is 1. The smallest absolute Gasteiger partial charge is 0.0538 e. The highest BCUT2D eigenvalue weighted by molar-refractivity contribution is 5.25. The second-order valence-electron chi connectivity index (χ2n) is 4.92. The van der Waals surface area contributed by atoms with Crippen molar-refractivity contribution in [3.05, 3.63) is 35.9 Å². The molecule has 1 aromatic rings. The maximum Gasteiger partial charge on any atom is 0.0538 e. The Kier molecular flexibility index (Phi) is 4.51. The third-order valence-electron chi connectivity index (χ3n) is 3.27. The van der Waals surface area contributed by atoms with Crippen molar-refractivity contribution in [1.82, 2.24) is 4.90 Å². The van der Waals surface area contributed by atoms with E-state index in [1.54, 1.807) is 0 Å². The van der Waals surface area contributed by atoms with Crippen LogP contribution in [-0.4, -0.2) is 25.0 Å². The van der Waals surface area contributed by atoms with Gasteiger partial charge in [0.1, 0.15) is 0 Å². The average Bonchev–Trinajstić information content (AvgIpc) is 2.26. The summed E-state index contributed by atoms with van der Waals surface area (Å²) in [6.45, 7) is 4.33. The Morgan fingerprint density at radius 2 is 1.81 bits per heavy atom. The summed E-state index contributed by atoms with van der Waals surface area (Å²) in [5, 5.41) is 0. The fraction of sp³-hybridized carbons (Fsp3) is 0.571. The van der Waals surface area contributed by atoms with Crippen molar-refractivity contribution in [2.24, 2.45) is 5.73 Å². The molecule has 0 saturated carbocycles. The van der Waals surface area contributed by atoms with Gasteiger partial charge in [0.2, 0.25) is 0 Å². The zero-order valence-electron chi connectivity index (χ0n) is 10.9. The third kappa shape index (κ3) is 2.83. The molecule has 2 heteroatoms. The van der Waals surface area contributed by atoms with Gasteiger partial charge < -0.3 is 10.6 Å². The molecule has 0 aliphatic carbocycles. The van der Waals surface area contributed by atoms with Crippen LogP contribution in [0.2, 0.25) is 0 Å². The van der Waals surface area contributed by atoms with Crippen LogP contribution in [0.1, 0.15) is 32.3 Å². The van der Waals surface area contributed by atoms with Gasteiger partial charge >= 0.3 is 0 Å². The van der Waals surface area contributed by atoms with Gasteiger partial charge in [0.15, 0.2) is 0 Å². The lowest BCUT2D eigenvalue weighted by atomic mass is 9.82. The molecule has 2 N–H and O–H groups in total. The summed E-state index contributed by atoms with van der Waals surface area (Å²) in [6.07, 6.45) is 2.28. The molecule has 0 amide bonds. The van der Waals surface area contributed by atoms with Crippen molar-refractivity contribution in [3.63, 3.8) is 0 Å². The van der Waals surface area contributed by atoms with Crippen molar-refractivity contribution in [3.8, 4) is 0 Å². The lowest BCUT2D eigenvalue weighted by Gasteiger charge is -2.39. The van der Waals surface area contributed by atoms with E-state index in [1.165, 1.54) is 5.56 Å². The Bertz CT molecular complexity index is 304. The van der Waals surface area contributed by atoms with E-state index in [2.05, 4.69) is 57.1 Å². The highest BCUT2D eigenvalue weighted by atomic mass is 15.1. The molecular formula is C14H24N2. The number of hydrogen-bond donors (Lipinski definition) is 1. The van der Waals surface area contributed by atoms with Crippen LogP contribution >= 0.6 is 0 Å². The summed E-state index contributed by atoms with van der Waals surface area (Å²) < 4.78 is 0. The molecule has 2 atom stereocenters. The fourth-order valence-corrected chi connectivity index (χ4v) is 2.36. The fourth-order valence-electron chi connectivity index (χ4n) is 2.36. The maximum absolute atomic E-state index is 6.53. The van der Waals surface area contributed by atoms with E-state index in [0.29, 0.717) is 6.04 Å². The van der Waals surface area contributed by atoms with E-state index < -0.39 is 0 Å². The summed E-state index contributed by atoms with van der Waals surface area (Å²) in [6, 6.07) is 10.8. The van der Waals surface area contributed by atoms with Crippen molar-refractivity contribution in [2.45, 2.75) is 38.3 Å². The van der Waals surface area contributed by atoms with E-state index in [9.17, 15) is 0 Å². The molecule has 0 radical (unpaired) electrons. The summed E-state index contributed by atoms with van der Waals surface area (Å²) in [7, 11) is 4.21. The minimum absolute atomic E-state index is 0.291. The van der Waals surface area contributed by atoms with Crippen LogP contribution in [0.3, 0.4) is 0 Å². The number of rotatable bonds is 5. The third-order valence-corrected chi connectivity index (χ3v) is 3.27. The Morgan fingerprint density at radius 1 is 1.25 bits per heavy atom. The maximum atomic E-state index is 6.53. The second-order valence-corrected chi connectivity index (χ2v) is 4.92. The quantitative estimate of drug-likeness (QED) is 0.826. The SMILES string of the molecule is CCCC(N(C)C)C(C)(N)c1ccccc1. The first kappa shape index (κ1) is 13.2.